The fourth-order valence-corrected chi connectivity index (χ4v) is 3.21. The predicted molar refractivity (Wildman–Crippen MR) is 97.4 cm³/mol. The van der Waals surface area contributed by atoms with Crippen LogP contribution >= 0.6 is 0 Å². The van der Waals surface area contributed by atoms with Gasteiger partial charge >= 0.3 is 0 Å². The smallest absolute Gasteiger partial charge is 0.223 e. The highest BCUT2D eigenvalue weighted by molar-refractivity contribution is 5.78. The third-order valence-electron chi connectivity index (χ3n) is 4.47. The first-order valence-electron chi connectivity index (χ1n) is 8.54. The van der Waals surface area contributed by atoms with Gasteiger partial charge in [-0.1, -0.05) is 6.08 Å². The number of carbonyl (C=O) groups is 1. The van der Waals surface area contributed by atoms with Crippen LogP contribution in [0.5, 0.6) is 17.2 Å². The summed E-state index contributed by atoms with van der Waals surface area (Å²) in [5.74, 6) is 1.97. The lowest BCUT2D eigenvalue weighted by molar-refractivity contribution is -0.129. The molecule has 25 heavy (non-hydrogen) atoms. The highest BCUT2D eigenvalue weighted by Gasteiger charge is 2.30. The monoisotopic (exact) mass is 348 g/mol. The van der Waals surface area contributed by atoms with Crippen molar-refractivity contribution in [1.29, 1.82) is 0 Å². The van der Waals surface area contributed by atoms with Gasteiger partial charge in [0.25, 0.3) is 0 Å². The average Bonchev–Trinajstić information content (AvgIpc) is 2.97. The van der Waals surface area contributed by atoms with E-state index in [-0.39, 0.29) is 11.9 Å². The van der Waals surface area contributed by atoms with Gasteiger partial charge in [0.15, 0.2) is 11.5 Å². The molecule has 0 radical (unpaired) electrons. The molecule has 0 spiro atoms. The van der Waals surface area contributed by atoms with Crippen molar-refractivity contribution in [3.8, 4) is 17.2 Å². The molecule has 1 aliphatic rings. The Kier molecular flexibility index (Phi) is 7.13. The summed E-state index contributed by atoms with van der Waals surface area (Å²) >= 11 is 0. The number of hydrogen-bond donors (Lipinski definition) is 1. The van der Waals surface area contributed by atoms with Crippen LogP contribution in [-0.4, -0.2) is 51.3 Å². The topological polar surface area (TPSA) is 60.0 Å². The molecule has 0 bridgehead atoms. The van der Waals surface area contributed by atoms with Crippen molar-refractivity contribution < 1.29 is 19.0 Å². The molecule has 1 saturated heterocycles. The summed E-state index contributed by atoms with van der Waals surface area (Å²) < 4.78 is 16.2. The minimum atomic E-state index is 0.197. The maximum Gasteiger partial charge on any atom is 0.223 e. The number of nitrogens with one attached hydrogen (secondary N) is 1. The SMILES string of the molecule is C=CCNCC[C@H]1CCC(=O)N1Cc1cc(OC)c(OC)c(OC)c1. The van der Waals surface area contributed by atoms with Crippen LogP contribution in [-0.2, 0) is 11.3 Å². The summed E-state index contributed by atoms with van der Waals surface area (Å²) in [4.78, 5) is 14.3. The van der Waals surface area contributed by atoms with Gasteiger partial charge < -0.3 is 24.4 Å². The van der Waals surface area contributed by atoms with E-state index >= 15 is 0 Å². The lowest BCUT2D eigenvalue weighted by Crippen LogP contribution is -2.34. The number of nitrogens with zero attached hydrogens (tertiary/aromatic N) is 1. The average molecular weight is 348 g/mol. The maximum absolute atomic E-state index is 12.3. The van der Waals surface area contributed by atoms with Crippen LogP contribution < -0.4 is 19.5 Å². The van der Waals surface area contributed by atoms with Crippen LogP contribution in [0.4, 0.5) is 0 Å². The van der Waals surface area contributed by atoms with Gasteiger partial charge in [-0.05, 0) is 37.1 Å². The Hall–Kier alpha value is -2.21. The van der Waals surface area contributed by atoms with E-state index in [2.05, 4.69) is 11.9 Å². The number of rotatable bonds is 10. The summed E-state index contributed by atoms with van der Waals surface area (Å²) in [6.45, 7) is 5.90. The molecule has 6 heteroatoms. The maximum atomic E-state index is 12.3. The zero-order valence-electron chi connectivity index (χ0n) is 15.3. The number of benzene rings is 1. The van der Waals surface area contributed by atoms with E-state index in [1.54, 1.807) is 21.3 Å². The van der Waals surface area contributed by atoms with E-state index in [1.807, 2.05) is 23.1 Å². The molecule has 1 aromatic carbocycles. The second-order valence-electron chi connectivity index (χ2n) is 6.03. The molecule has 2 rings (SSSR count). The molecule has 0 unspecified atom stereocenters. The first kappa shape index (κ1) is 19.1. The summed E-state index contributed by atoms with van der Waals surface area (Å²) in [6, 6.07) is 4.06. The Balaban J connectivity index is 2.12. The second kappa shape index (κ2) is 9.32. The molecular formula is C19H28N2O4. The molecule has 1 heterocycles. The van der Waals surface area contributed by atoms with E-state index in [0.29, 0.717) is 30.2 Å². The molecule has 1 fully saturated rings. The van der Waals surface area contributed by atoms with Gasteiger partial charge in [0.05, 0.1) is 21.3 Å². The van der Waals surface area contributed by atoms with Crippen molar-refractivity contribution in [2.45, 2.75) is 31.8 Å². The van der Waals surface area contributed by atoms with Crippen molar-refractivity contribution in [1.82, 2.24) is 10.2 Å². The number of hydrogen-bond acceptors (Lipinski definition) is 5. The van der Waals surface area contributed by atoms with Gasteiger partial charge in [-0.3, -0.25) is 4.79 Å². The van der Waals surface area contributed by atoms with Crippen LogP contribution in [0.25, 0.3) is 0 Å². The minimum Gasteiger partial charge on any atom is -0.493 e. The van der Waals surface area contributed by atoms with E-state index in [4.69, 9.17) is 14.2 Å². The standard InChI is InChI=1S/C19H28N2O4/c1-5-9-20-10-8-15-6-7-18(22)21(15)13-14-11-16(23-2)19(25-4)17(12-14)24-3/h5,11-12,15,20H,1,6-10,13H2,2-4H3/t15-/m1/s1. The summed E-state index contributed by atoms with van der Waals surface area (Å²) in [5.41, 5.74) is 0.966. The molecule has 6 nitrogen and oxygen atoms in total. The van der Waals surface area contributed by atoms with Gasteiger partial charge in [0.2, 0.25) is 11.7 Å². The molecule has 1 amide bonds. The fourth-order valence-electron chi connectivity index (χ4n) is 3.21. The normalized spacial score (nSPS) is 16.8. The molecule has 1 N–H and O–H groups in total. The molecule has 0 saturated carbocycles. The van der Waals surface area contributed by atoms with Gasteiger partial charge in [0, 0.05) is 25.6 Å². The molecular weight excluding hydrogens is 320 g/mol. The largest absolute Gasteiger partial charge is 0.493 e. The van der Waals surface area contributed by atoms with Crippen LogP contribution in [0.15, 0.2) is 24.8 Å². The zero-order valence-corrected chi connectivity index (χ0v) is 15.3. The summed E-state index contributed by atoms with van der Waals surface area (Å²) in [6.07, 6.45) is 4.28. The summed E-state index contributed by atoms with van der Waals surface area (Å²) in [7, 11) is 4.77. The predicted octanol–water partition coefficient (Wildman–Crippen LogP) is 2.37. The molecule has 1 atom stereocenters. The van der Waals surface area contributed by atoms with Crippen LogP contribution in [0.2, 0.25) is 0 Å². The Labute approximate surface area is 149 Å². The highest BCUT2D eigenvalue weighted by atomic mass is 16.5. The Morgan fingerprint density at radius 1 is 1.24 bits per heavy atom. The van der Waals surface area contributed by atoms with Crippen LogP contribution in [0.1, 0.15) is 24.8 Å². The van der Waals surface area contributed by atoms with Crippen molar-refractivity contribution in [2.75, 3.05) is 34.4 Å². The Morgan fingerprint density at radius 3 is 2.48 bits per heavy atom. The van der Waals surface area contributed by atoms with Crippen molar-refractivity contribution in [2.24, 2.45) is 0 Å². The van der Waals surface area contributed by atoms with E-state index in [0.717, 1.165) is 31.5 Å². The molecule has 0 aromatic heterocycles. The second-order valence-corrected chi connectivity index (χ2v) is 6.03. The molecule has 138 valence electrons. The van der Waals surface area contributed by atoms with Crippen molar-refractivity contribution in [3.63, 3.8) is 0 Å². The third-order valence-corrected chi connectivity index (χ3v) is 4.47. The van der Waals surface area contributed by atoms with Crippen LogP contribution in [0, 0.1) is 0 Å². The van der Waals surface area contributed by atoms with E-state index in [9.17, 15) is 4.79 Å². The fraction of sp³-hybridized carbons (Fsp3) is 0.526. The number of carbonyl (C=O) groups excluding carboxylic acids is 1. The number of likely N-dealkylation sites (tertiary alicyclic amines) is 1. The van der Waals surface area contributed by atoms with E-state index in [1.165, 1.54) is 0 Å². The van der Waals surface area contributed by atoms with Gasteiger partial charge in [-0.25, -0.2) is 0 Å². The lowest BCUT2D eigenvalue weighted by atomic mass is 10.1. The molecule has 1 aliphatic heterocycles. The summed E-state index contributed by atoms with van der Waals surface area (Å²) in [5, 5.41) is 3.30. The Morgan fingerprint density at radius 2 is 1.92 bits per heavy atom. The van der Waals surface area contributed by atoms with Crippen molar-refractivity contribution >= 4 is 5.91 Å². The van der Waals surface area contributed by atoms with Crippen LogP contribution in [0.3, 0.4) is 0 Å². The quantitative estimate of drug-likeness (QED) is 0.520. The lowest BCUT2D eigenvalue weighted by Gasteiger charge is -2.26. The Bertz CT molecular complexity index is 578. The number of methoxy groups -OCH3 is 3. The van der Waals surface area contributed by atoms with Gasteiger partial charge in [0.1, 0.15) is 0 Å². The third kappa shape index (κ3) is 4.66. The highest BCUT2D eigenvalue weighted by Crippen LogP contribution is 2.39. The zero-order chi connectivity index (χ0) is 18.2. The number of ether oxygens (including phenoxy) is 3. The first-order chi connectivity index (χ1) is 12.1. The minimum absolute atomic E-state index is 0.197. The van der Waals surface area contributed by atoms with Gasteiger partial charge in [-0.15, -0.1) is 6.58 Å². The molecule has 0 aliphatic carbocycles. The molecule has 1 aromatic rings. The number of amides is 1. The van der Waals surface area contributed by atoms with Gasteiger partial charge in [-0.2, -0.15) is 0 Å². The van der Waals surface area contributed by atoms with E-state index < -0.39 is 0 Å². The van der Waals surface area contributed by atoms with Crippen molar-refractivity contribution in [3.05, 3.63) is 30.4 Å². The first-order valence-corrected chi connectivity index (χ1v) is 8.54.